The maximum absolute atomic E-state index is 12.4. The zero-order chi connectivity index (χ0) is 19.0. The summed E-state index contributed by atoms with van der Waals surface area (Å²) in [5.41, 5.74) is 0.512. The Labute approximate surface area is 146 Å². The summed E-state index contributed by atoms with van der Waals surface area (Å²) >= 11 is 0. The maximum Gasteiger partial charge on any atom is 0.274 e. The van der Waals surface area contributed by atoms with Crippen molar-refractivity contribution in [3.8, 4) is 0 Å². The van der Waals surface area contributed by atoms with E-state index in [0.29, 0.717) is 11.3 Å². The number of anilines is 1. The van der Waals surface area contributed by atoms with E-state index in [-0.39, 0.29) is 29.2 Å². The van der Waals surface area contributed by atoms with Gasteiger partial charge in [-0.3, -0.25) is 34.7 Å². The molecule has 0 saturated heterocycles. The number of nitro groups is 2. The molecule has 26 heavy (non-hydrogen) atoms. The van der Waals surface area contributed by atoms with Gasteiger partial charge < -0.3 is 5.32 Å². The monoisotopic (exact) mass is 356 g/mol. The van der Waals surface area contributed by atoms with Crippen LogP contribution in [0.3, 0.4) is 0 Å². The van der Waals surface area contributed by atoms with Crippen molar-refractivity contribution in [2.24, 2.45) is 0 Å². The number of amides is 2. The Hall–Kier alpha value is -3.82. The molecule has 3 rings (SSSR count). The van der Waals surface area contributed by atoms with Crippen molar-refractivity contribution < 1.29 is 19.4 Å². The van der Waals surface area contributed by atoms with Gasteiger partial charge in [0.15, 0.2) is 0 Å². The molecule has 2 aromatic rings. The average Bonchev–Trinajstić information content (AvgIpc) is 2.84. The van der Waals surface area contributed by atoms with Crippen LogP contribution < -0.4 is 5.32 Å². The molecule has 2 aromatic carbocycles. The number of fused-ring (bicyclic) bond motifs is 1. The van der Waals surface area contributed by atoms with Gasteiger partial charge in [0.1, 0.15) is 0 Å². The number of imide groups is 1. The Morgan fingerprint density at radius 3 is 2.31 bits per heavy atom. The molecule has 0 saturated carbocycles. The normalized spacial score (nSPS) is 12.9. The molecule has 1 N–H and O–H groups in total. The summed E-state index contributed by atoms with van der Waals surface area (Å²) in [4.78, 5) is 46.2. The fourth-order valence-electron chi connectivity index (χ4n) is 2.62. The van der Waals surface area contributed by atoms with Gasteiger partial charge in [-0.25, -0.2) is 0 Å². The first kappa shape index (κ1) is 17.0. The highest BCUT2D eigenvalue weighted by Gasteiger charge is 2.36. The van der Waals surface area contributed by atoms with Crippen LogP contribution in [0.15, 0.2) is 36.4 Å². The highest BCUT2D eigenvalue weighted by molar-refractivity contribution is 6.21. The number of non-ortho nitro benzene ring substituents is 1. The van der Waals surface area contributed by atoms with E-state index >= 15 is 0 Å². The van der Waals surface area contributed by atoms with Crippen molar-refractivity contribution in [2.45, 2.75) is 6.92 Å². The number of benzene rings is 2. The number of aryl methyl sites for hydroxylation is 1. The van der Waals surface area contributed by atoms with E-state index in [1.807, 2.05) is 0 Å². The lowest BCUT2D eigenvalue weighted by molar-refractivity contribution is -0.385. The summed E-state index contributed by atoms with van der Waals surface area (Å²) in [6, 6.07) is 7.90. The summed E-state index contributed by atoms with van der Waals surface area (Å²) in [6.07, 6.45) is 0. The van der Waals surface area contributed by atoms with Crippen LogP contribution in [0.2, 0.25) is 0 Å². The maximum atomic E-state index is 12.4. The Balaban J connectivity index is 1.80. The van der Waals surface area contributed by atoms with E-state index in [0.717, 1.165) is 17.0 Å². The smallest absolute Gasteiger partial charge is 0.274 e. The number of nitro benzene ring substituents is 2. The van der Waals surface area contributed by atoms with Gasteiger partial charge in [-0.1, -0.05) is 6.07 Å². The topological polar surface area (TPSA) is 136 Å². The van der Waals surface area contributed by atoms with Crippen LogP contribution >= 0.6 is 0 Å². The predicted molar refractivity (Wildman–Crippen MR) is 89.9 cm³/mol. The molecule has 0 spiro atoms. The third-order valence-electron chi connectivity index (χ3n) is 4.01. The van der Waals surface area contributed by atoms with Crippen LogP contribution in [-0.4, -0.2) is 33.2 Å². The SMILES string of the molecule is Cc1ccc(NCN2C(=O)c3ccc([N+](=O)[O-])cc3C2=O)cc1[N+](=O)[O-]. The van der Waals surface area contributed by atoms with Crippen LogP contribution in [0.25, 0.3) is 0 Å². The molecule has 0 aliphatic carbocycles. The number of hydrogen-bond acceptors (Lipinski definition) is 7. The predicted octanol–water partition coefficient (Wildman–Crippen LogP) is 2.48. The summed E-state index contributed by atoms with van der Waals surface area (Å²) < 4.78 is 0. The Bertz CT molecular complexity index is 971. The largest absolute Gasteiger partial charge is 0.367 e. The third kappa shape index (κ3) is 2.83. The lowest BCUT2D eigenvalue weighted by Gasteiger charge is -2.15. The molecule has 0 atom stereocenters. The van der Waals surface area contributed by atoms with Crippen molar-refractivity contribution >= 4 is 28.9 Å². The molecule has 1 heterocycles. The fourth-order valence-corrected chi connectivity index (χ4v) is 2.62. The second-order valence-corrected chi connectivity index (χ2v) is 5.62. The third-order valence-corrected chi connectivity index (χ3v) is 4.01. The van der Waals surface area contributed by atoms with Gasteiger partial charge in [0.2, 0.25) is 0 Å². The minimum absolute atomic E-state index is 0.0408. The number of rotatable bonds is 5. The fraction of sp³-hybridized carbons (Fsp3) is 0.125. The van der Waals surface area contributed by atoms with Crippen LogP contribution in [0.1, 0.15) is 26.3 Å². The van der Waals surface area contributed by atoms with Gasteiger partial charge in [-0.05, 0) is 19.1 Å². The van der Waals surface area contributed by atoms with Crippen molar-refractivity contribution in [3.63, 3.8) is 0 Å². The molecule has 2 amide bonds. The molecule has 132 valence electrons. The molecule has 0 fully saturated rings. The van der Waals surface area contributed by atoms with Crippen molar-refractivity contribution in [1.29, 1.82) is 0 Å². The van der Waals surface area contributed by atoms with Crippen LogP contribution in [0, 0.1) is 27.2 Å². The summed E-state index contributed by atoms with van der Waals surface area (Å²) in [7, 11) is 0. The molecule has 0 radical (unpaired) electrons. The van der Waals surface area contributed by atoms with Gasteiger partial charge in [0, 0.05) is 29.4 Å². The van der Waals surface area contributed by atoms with Gasteiger partial charge in [0.05, 0.1) is 27.6 Å². The summed E-state index contributed by atoms with van der Waals surface area (Å²) in [5, 5.41) is 24.6. The van der Waals surface area contributed by atoms with Crippen molar-refractivity contribution in [1.82, 2.24) is 4.90 Å². The highest BCUT2D eigenvalue weighted by atomic mass is 16.6. The Kier molecular flexibility index (Phi) is 4.08. The summed E-state index contributed by atoms with van der Waals surface area (Å²) in [5.74, 6) is -1.25. The van der Waals surface area contributed by atoms with Gasteiger partial charge in [0.25, 0.3) is 23.2 Å². The molecular formula is C16H12N4O6. The molecule has 10 heteroatoms. The van der Waals surface area contributed by atoms with E-state index in [4.69, 9.17) is 0 Å². The van der Waals surface area contributed by atoms with Crippen LogP contribution in [0.4, 0.5) is 17.1 Å². The van der Waals surface area contributed by atoms with E-state index in [1.54, 1.807) is 19.1 Å². The number of nitrogens with zero attached hydrogens (tertiary/aromatic N) is 3. The van der Waals surface area contributed by atoms with Crippen LogP contribution in [-0.2, 0) is 0 Å². The molecule has 0 unspecified atom stereocenters. The zero-order valence-corrected chi connectivity index (χ0v) is 13.5. The van der Waals surface area contributed by atoms with Gasteiger partial charge in [-0.15, -0.1) is 0 Å². The summed E-state index contributed by atoms with van der Waals surface area (Å²) in [6.45, 7) is 1.37. The van der Waals surface area contributed by atoms with Crippen LogP contribution in [0.5, 0.6) is 0 Å². The second kappa shape index (κ2) is 6.24. The first-order chi connectivity index (χ1) is 12.3. The minimum atomic E-state index is -0.664. The molecule has 1 aliphatic rings. The first-order valence-electron chi connectivity index (χ1n) is 7.43. The number of carbonyl (C=O) groups is 2. The highest BCUT2D eigenvalue weighted by Crippen LogP contribution is 2.27. The van der Waals surface area contributed by atoms with Gasteiger partial charge >= 0.3 is 0 Å². The molecule has 1 aliphatic heterocycles. The quantitative estimate of drug-likeness (QED) is 0.494. The molecule has 0 aromatic heterocycles. The van der Waals surface area contributed by atoms with E-state index in [9.17, 15) is 29.8 Å². The Morgan fingerprint density at radius 1 is 0.962 bits per heavy atom. The number of carbonyl (C=O) groups excluding carboxylic acids is 2. The lowest BCUT2D eigenvalue weighted by Crippen LogP contribution is -2.34. The molecular weight excluding hydrogens is 344 g/mol. The molecule has 10 nitrogen and oxygen atoms in total. The first-order valence-corrected chi connectivity index (χ1v) is 7.43. The minimum Gasteiger partial charge on any atom is -0.367 e. The van der Waals surface area contributed by atoms with Crippen molar-refractivity contribution in [2.75, 3.05) is 12.0 Å². The van der Waals surface area contributed by atoms with Crippen molar-refractivity contribution in [3.05, 3.63) is 73.3 Å². The van der Waals surface area contributed by atoms with E-state index in [2.05, 4.69) is 5.32 Å². The Morgan fingerprint density at radius 2 is 1.65 bits per heavy atom. The second-order valence-electron chi connectivity index (χ2n) is 5.62. The van der Waals surface area contributed by atoms with E-state index in [1.165, 1.54) is 12.1 Å². The van der Waals surface area contributed by atoms with Gasteiger partial charge in [-0.2, -0.15) is 0 Å². The lowest BCUT2D eigenvalue weighted by atomic mass is 10.1. The zero-order valence-electron chi connectivity index (χ0n) is 13.5. The number of hydrogen-bond donors (Lipinski definition) is 1. The van der Waals surface area contributed by atoms with E-state index < -0.39 is 21.7 Å². The average molecular weight is 356 g/mol. The number of nitrogens with one attached hydrogen (secondary N) is 1. The standard InChI is InChI=1S/C16H12N4O6/c1-9-2-3-10(6-14(9)20(25)26)17-8-18-15(21)12-5-4-11(19(23)24)7-13(12)16(18)22/h2-7,17H,8H2,1H3. The molecule has 0 bridgehead atoms.